The van der Waals surface area contributed by atoms with Crippen LogP contribution in [0.4, 0.5) is 0 Å². The van der Waals surface area contributed by atoms with Gasteiger partial charge in [-0.15, -0.1) is 0 Å². The molecule has 1 amide bonds. The van der Waals surface area contributed by atoms with Crippen LogP contribution >= 0.6 is 0 Å². The van der Waals surface area contributed by atoms with E-state index in [0.29, 0.717) is 38.6 Å². The molecule has 0 fully saturated rings. The van der Waals surface area contributed by atoms with Crippen molar-refractivity contribution in [3.05, 3.63) is 0 Å². The van der Waals surface area contributed by atoms with Gasteiger partial charge in [0.15, 0.2) is 0 Å². The molecule has 0 aromatic heterocycles. The summed E-state index contributed by atoms with van der Waals surface area (Å²) in [5, 5.41) is 21.6. The molecule has 20 heavy (non-hydrogen) atoms. The van der Waals surface area contributed by atoms with Crippen molar-refractivity contribution in [1.29, 1.82) is 0 Å². The van der Waals surface area contributed by atoms with Crippen molar-refractivity contribution >= 4 is 17.8 Å². The summed E-state index contributed by atoms with van der Waals surface area (Å²) < 4.78 is 0. The Balaban J connectivity index is 0. The average Bonchev–Trinajstić information content (AvgIpc) is 2.33. The summed E-state index contributed by atoms with van der Waals surface area (Å²) in [5.74, 6) is -2.61. The Morgan fingerprint density at radius 3 is 2.20 bits per heavy atom. The molecule has 0 unspecified atom stereocenters. The molecule has 0 aliphatic carbocycles. The summed E-state index contributed by atoms with van der Waals surface area (Å²) in [6.45, 7) is 0.475. The first-order chi connectivity index (χ1) is 8.97. The van der Waals surface area contributed by atoms with Gasteiger partial charge in [0.2, 0.25) is 5.91 Å². The molecular weight excluding hydrogens is 275 g/mol. The molecule has 1 atom stereocenters. The van der Waals surface area contributed by atoms with Crippen molar-refractivity contribution < 1.29 is 54.2 Å². The molecule has 110 valence electrons. The van der Waals surface area contributed by atoms with E-state index in [4.69, 9.17) is 10.8 Å². The minimum absolute atomic E-state index is 0. The minimum atomic E-state index is -1.31. The average molecular weight is 296 g/mol. The maximum atomic E-state index is 11.5. The first kappa shape index (κ1) is 21.7. The number of nitrogens with one attached hydrogen (secondary N) is 1. The molecule has 0 rings (SSSR count). The molecule has 0 aromatic rings. The van der Waals surface area contributed by atoms with E-state index >= 15 is 0 Å². The van der Waals surface area contributed by atoms with Gasteiger partial charge in [0.25, 0.3) is 0 Å². The number of nitrogens with two attached hydrogens (primary N) is 1. The van der Waals surface area contributed by atoms with Gasteiger partial charge in [-0.25, -0.2) is 0 Å². The minimum Gasteiger partial charge on any atom is -0.548 e. The maximum absolute atomic E-state index is 11.5. The number of hydrogen-bond donors (Lipinski definition) is 3. The first-order valence-corrected chi connectivity index (χ1v) is 6.39. The Morgan fingerprint density at radius 1 is 1.10 bits per heavy atom. The fraction of sp³-hybridized carbons (Fsp3) is 0.750. The summed E-state index contributed by atoms with van der Waals surface area (Å²) in [6.07, 6.45) is 2.53. The number of carbonyl (C=O) groups excluding carboxylic acids is 2. The van der Waals surface area contributed by atoms with Crippen LogP contribution in [-0.4, -0.2) is 35.5 Å². The summed E-state index contributed by atoms with van der Waals surface area (Å²) in [5.41, 5.74) is 5.30. The van der Waals surface area contributed by atoms with Crippen LogP contribution in [0.15, 0.2) is 0 Å². The number of carboxylic acids is 2. The fourth-order valence-corrected chi connectivity index (χ4v) is 1.57. The van der Waals surface area contributed by atoms with E-state index in [0.717, 1.165) is 0 Å². The van der Waals surface area contributed by atoms with Crippen LogP contribution in [0.1, 0.15) is 44.9 Å². The topological polar surface area (TPSA) is 133 Å². The van der Waals surface area contributed by atoms with Gasteiger partial charge in [-0.05, 0) is 38.6 Å². The standard InChI is InChI=1S/C12H22N2O5.Na/c13-8-4-3-5-9(12(18)19)14-10(15)6-1-2-7-11(16)17;/h9H,1-8,13H2,(H,14,15)(H,16,17)(H,18,19);/q;+1/p-1/t9-;/m0./s1. The number of hydrogen-bond acceptors (Lipinski definition) is 5. The molecule has 0 heterocycles. The molecule has 0 radical (unpaired) electrons. The van der Waals surface area contributed by atoms with E-state index in [1.807, 2.05) is 0 Å². The van der Waals surface area contributed by atoms with Gasteiger partial charge in [0.1, 0.15) is 0 Å². The van der Waals surface area contributed by atoms with Gasteiger partial charge in [-0.1, -0.05) is 0 Å². The van der Waals surface area contributed by atoms with Crippen LogP contribution in [0.5, 0.6) is 0 Å². The zero-order valence-corrected chi connectivity index (χ0v) is 13.9. The van der Waals surface area contributed by atoms with Crippen LogP contribution in [-0.2, 0) is 14.4 Å². The number of aliphatic carboxylic acids is 2. The van der Waals surface area contributed by atoms with Gasteiger partial charge in [0.05, 0.1) is 12.0 Å². The molecule has 0 saturated heterocycles. The number of rotatable bonds is 11. The SMILES string of the molecule is NCCCC[C@H](NC(=O)CCCCC(=O)O)C(=O)[O-].[Na+]. The molecule has 0 aromatic carbocycles. The van der Waals surface area contributed by atoms with E-state index < -0.39 is 23.9 Å². The van der Waals surface area contributed by atoms with Gasteiger partial charge >= 0.3 is 35.5 Å². The van der Waals surface area contributed by atoms with Gasteiger partial charge in [-0.3, -0.25) is 9.59 Å². The van der Waals surface area contributed by atoms with Crippen molar-refractivity contribution in [3.63, 3.8) is 0 Å². The van der Waals surface area contributed by atoms with E-state index in [1.165, 1.54) is 0 Å². The maximum Gasteiger partial charge on any atom is 1.00 e. The molecular formula is C12H21N2NaO5. The normalized spacial score (nSPS) is 11.2. The molecule has 0 spiro atoms. The van der Waals surface area contributed by atoms with Gasteiger partial charge in [0, 0.05) is 12.8 Å². The second kappa shape index (κ2) is 13.4. The van der Waals surface area contributed by atoms with Crippen molar-refractivity contribution in [1.82, 2.24) is 5.32 Å². The van der Waals surface area contributed by atoms with Crippen molar-refractivity contribution in [2.45, 2.75) is 51.0 Å². The molecule has 8 heteroatoms. The first-order valence-electron chi connectivity index (χ1n) is 6.39. The monoisotopic (exact) mass is 296 g/mol. The Labute approximate surface area is 140 Å². The van der Waals surface area contributed by atoms with E-state index in [2.05, 4.69) is 5.32 Å². The second-order valence-electron chi connectivity index (χ2n) is 4.32. The van der Waals surface area contributed by atoms with E-state index in [1.54, 1.807) is 0 Å². The smallest absolute Gasteiger partial charge is 0.548 e. The van der Waals surface area contributed by atoms with Crippen LogP contribution < -0.4 is 45.7 Å². The predicted molar refractivity (Wildman–Crippen MR) is 65.9 cm³/mol. The third-order valence-electron chi connectivity index (χ3n) is 2.61. The summed E-state index contributed by atoms with van der Waals surface area (Å²) in [7, 11) is 0. The zero-order chi connectivity index (χ0) is 14.7. The quantitative estimate of drug-likeness (QED) is 0.263. The summed E-state index contributed by atoms with van der Waals surface area (Å²) >= 11 is 0. The Hall–Kier alpha value is -0.630. The fourth-order valence-electron chi connectivity index (χ4n) is 1.57. The number of amides is 1. The summed E-state index contributed by atoms with van der Waals surface area (Å²) in [4.78, 5) is 32.5. The van der Waals surface area contributed by atoms with Crippen molar-refractivity contribution in [2.24, 2.45) is 5.73 Å². The number of carboxylic acid groups (broad SMARTS) is 2. The van der Waals surface area contributed by atoms with E-state index in [9.17, 15) is 19.5 Å². The predicted octanol–water partition coefficient (Wildman–Crippen LogP) is -4.00. The third kappa shape index (κ3) is 12.4. The van der Waals surface area contributed by atoms with Crippen LogP contribution in [0.2, 0.25) is 0 Å². The van der Waals surface area contributed by atoms with Crippen LogP contribution in [0.3, 0.4) is 0 Å². The van der Waals surface area contributed by atoms with Gasteiger partial charge in [-0.2, -0.15) is 0 Å². The van der Waals surface area contributed by atoms with Crippen LogP contribution in [0.25, 0.3) is 0 Å². The molecule has 7 nitrogen and oxygen atoms in total. The number of unbranched alkanes of at least 4 members (excludes halogenated alkanes) is 2. The second-order valence-corrected chi connectivity index (χ2v) is 4.32. The molecule has 0 bridgehead atoms. The van der Waals surface area contributed by atoms with Crippen molar-refractivity contribution in [3.8, 4) is 0 Å². The molecule has 0 aliphatic heterocycles. The van der Waals surface area contributed by atoms with E-state index in [-0.39, 0.29) is 42.4 Å². The zero-order valence-electron chi connectivity index (χ0n) is 11.9. The Morgan fingerprint density at radius 2 is 1.70 bits per heavy atom. The molecule has 4 N–H and O–H groups in total. The summed E-state index contributed by atoms with van der Waals surface area (Å²) in [6, 6.07) is -1.00. The number of carbonyl (C=O) groups is 3. The molecule has 0 aliphatic rings. The van der Waals surface area contributed by atoms with Crippen LogP contribution in [0, 0.1) is 0 Å². The Kier molecular flexibility index (Phi) is 14.5. The third-order valence-corrected chi connectivity index (χ3v) is 2.61. The Bertz CT molecular complexity index is 312. The van der Waals surface area contributed by atoms with Gasteiger partial charge < -0.3 is 26.1 Å². The largest absolute Gasteiger partial charge is 1.00 e. The van der Waals surface area contributed by atoms with Crippen molar-refractivity contribution in [2.75, 3.05) is 6.54 Å². The molecule has 0 saturated carbocycles.